The third-order valence-electron chi connectivity index (χ3n) is 18.3. The van der Waals surface area contributed by atoms with Gasteiger partial charge >= 0.3 is 0 Å². The summed E-state index contributed by atoms with van der Waals surface area (Å²) < 4.78 is 2.91. The van der Waals surface area contributed by atoms with Crippen LogP contribution in [0.4, 0.5) is 11.4 Å². The Morgan fingerprint density at radius 3 is 2.32 bits per heavy atom. The molecule has 3 aliphatic heterocycles. The average molecular weight is 938 g/mol. The van der Waals surface area contributed by atoms with Crippen molar-refractivity contribution in [2.75, 3.05) is 4.90 Å². The Kier molecular flexibility index (Phi) is 9.95. The molecule has 8 aliphatic rings. The summed E-state index contributed by atoms with van der Waals surface area (Å²) in [6.45, 7) is 20.2. The monoisotopic (exact) mass is 937 g/mol. The number of para-hydroxylation sites is 2. The van der Waals surface area contributed by atoms with Crippen LogP contribution in [0.5, 0.6) is 0 Å². The number of hydrogen-bond donors (Lipinski definition) is 0. The molecule has 4 heterocycles. The second-order valence-electron chi connectivity index (χ2n) is 24.2. The van der Waals surface area contributed by atoms with E-state index in [2.05, 4.69) is 240 Å². The summed E-state index contributed by atoms with van der Waals surface area (Å²) in [4.78, 5) is 4.40. The van der Waals surface area contributed by atoms with E-state index in [9.17, 15) is 0 Å². The number of nitrogens with zero attached hydrogens (tertiary/aromatic N) is 2. The Labute approximate surface area is 417 Å². The summed E-state index contributed by atoms with van der Waals surface area (Å²) in [6, 6.07) is 38.1. The van der Waals surface area contributed by atoms with Gasteiger partial charge in [-0.05, 0) is 88.6 Å². The number of pyridine rings is 1. The van der Waals surface area contributed by atoms with Crippen LogP contribution in [0.2, 0.25) is 19.6 Å². The van der Waals surface area contributed by atoms with E-state index in [1.54, 1.807) is 37.9 Å². The molecule has 0 N–H and O–H groups in total. The highest BCUT2D eigenvalue weighted by Crippen LogP contribution is 2.74. The molecule has 348 valence electrons. The molecule has 5 aliphatic carbocycles. The van der Waals surface area contributed by atoms with Gasteiger partial charge in [-0.3, -0.25) is 0 Å². The third kappa shape index (κ3) is 6.32. The van der Waals surface area contributed by atoms with E-state index in [0.29, 0.717) is 28.9 Å². The summed E-state index contributed by atoms with van der Waals surface area (Å²) in [6.07, 6.45) is 33.7. The smallest absolute Gasteiger partial charge is 0.196 e. The molecule has 69 heavy (non-hydrogen) atoms. The van der Waals surface area contributed by atoms with Crippen molar-refractivity contribution in [1.29, 1.82) is 0 Å². The van der Waals surface area contributed by atoms with Gasteiger partial charge in [-0.1, -0.05) is 187 Å². The Morgan fingerprint density at radius 2 is 1.55 bits per heavy atom. The zero-order valence-electron chi connectivity index (χ0n) is 42.0. The van der Waals surface area contributed by atoms with Crippen LogP contribution >= 0.6 is 11.8 Å². The first-order valence-electron chi connectivity index (χ1n) is 26.4. The minimum absolute atomic E-state index is 0.0212. The molecule has 4 heteroatoms. The van der Waals surface area contributed by atoms with E-state index in [4.69, 9.17) is 0 Å². The molecule has 0 radical (unpaired) electrons. The van der Waals surface area contributed by atoms with Gasteiger partial charge < -0.3 is 4.90 Å². The van der Waals surface area contributed by atoms with Gasteiger partial charge in [-0.15, -0.1) is 11.8 Å². The number of thioether (sulfide) groups is 1. The van der Waals surface area contributed by atoms with Crippen molar-refractivity contribution in [2.45, 2.75) is 132 Å². The van der Waals surface area contributed by atoms with Gasteiger partial charge in [-0.2, -0.15) is 4.57 Å². The normalized spacial score (nSPS) is 30.8. The highest BCUT2D eigenvalue weighted by molar-refractivity contribution is 8.00. The van der Waals surface area contributed by atoms with Crippen molar-refractivity contribution in [3.05, 3.63) is 209 Å². The molecule has 10 unspecified atom stereocenters. The third-order valence-corrected chi connectivity index (χ3v) is 21.8. The molecule has 1 aromatic heterocycles. The van der Waals surface area contributed by atoms with Gasteiger partial charge in [0, 0.05) is 80.4 Å². The van der Waals surface area contributed by atoms with E-state index in [-0.39, 0.29) is 34.2 Å². The predicted molar refractivity (Wildman–Crippen MR) is 293 cm³/mol. The lowest BCUT2D eigenvalue weighted by Crippen LogP contribution is -2.77. The number of benzene rings is 4. The largest absolute Gasteiger partial charge is 0.332 e. The molecular weight excluding hydrogens is 869 g/mol. The molecule has 13 rings (SSSR count). The first kappa shape index (κ1) is 43.8. The Hall–Kier alpha value is -5.16. The van der Waals surface area contributed by atoms with Crippen molar-refractivity contribution in [3.8, 4) is 11.1 Å². The molecular formula is C65H69N2SSi+. The summed E-state index contributed by atoms with van der Waals surface area (Å²) in [7, 11) is -1.77. The number of rotatable bonds is 7. The predicted octanol–water partition coefficient (Wildman–Crippen LogP) is 15.9. The quantitative estimate of drug-likeness (QED) is 0.0912. The van der Waals surface area contributed by atoms with E-state index in [0.717, 1.165) is 12.8 Å². The molecule has 2 nitrogen and oxygen atoms in total. The standard InChI is InChI=1S/C65H69N2SSi/c1-9-65-39-52(64(65,5)66-40-57(69(6,7)8)44(38-63(2,3)4)36-55(66)48-27-16-19-29-51(48)65)58-50-35-34-47-46-33-32-43(41-22-12-10-13-23-41)37-56(46)68-62(47)60(50)61-59(58)49-28-18-21-31-54(49)67(61)53-30-20-17-26-45(53)42-24-14-11-15-25-42/h11-12,14-36,39-40,43,46,48,51,56,58-59,61H,9-10,13,37-38H2,1-8H3/q+1. The van der Waals surface area contributed by atoms with Gasteiger partial charge in [0.2, 0.25) is 0 Å². The van der Waals surface area contributed by atoms with E-state index in [1.807, 2.05) is 0 Å². The lowest BCUT2D eigenvalue weighted by molar-refractivity contribution is -0.786. The SMILES string of the molecule is CCC12C=C(C3c4ccc5c(c4C4C3c3ccccc3N4c3ccccc3-c3ccccc3)SC3CC(C4=CCCC=C4)C=CC53)C1(C)[n+]1cc([Si](C)(C)C)c(CC(C)(C)C)cc1C1C=CC=CC12. The summed E-state index contributed by atoms with van der Waals surface area (Å²) >= 11 is 2.23. The van der Waals surface area contributed by atoms with Crippen LogP contribution in [0.1, 0.15) is 124 Å². The van der Waals surface area contributed by atoms with Crippen LogP contribution in [0, 0.1) is 22.7 Å². The number of hydrogen-bond acceptors (Lipinski definition) is 2. The lowest BCUT2D eigenvalue weighted by atomic mass is 9.43. The maximum atomic E-state index is 2.91. The Morgan fingerprint density at radius 1 is 0.797 bits per heavy atom. The summed E-state index contributed by atoms with van der Waals surface area (Å²) in [5.41, 5.74) is 17.7. The highest BCUT2D eigenvalue weighted by Gasteiger charge is 2.73. The van der Waals surface area contributed by atoms with Crippen LogP contribution in [-0.4, -0.2) is 13.3 Å². The first-order valence-corrected chi connectivity index (χ1v) is 30.8. The van der Waals surface area contributed by atoms with Crippen LogP contribution in [0.25, 0.3) is 11.1 Å². The number of anilines is 2. The van der Waals surface area contributed by atoms with Crippen molar-refractivity contribution in [3.63, 3.8) is 0 Å². The van der Waals surface area contributed by atoms with Gasteiger partial charge in [0.25, 0.3) is 0 Å². The van der Waals surface area contributed by atoms with E-state index < -0.39 is 8.07 Å². The molecule has 0 amide bonds. The van der Waals surface area contributed by atoms with Gasteiger partial charge in [-0.25, -0.2) is 0 Å². The highest BCUT2D eigenvalue weighted by atomic mass is 32.2. The van der Waals surface area contributed by atoms with Gasteiger partial charge in [0.05, 0.1) is 25.4 Å². The second kappa shape index (κ2) is 15.7. The molecule has 0 saturated heterocycles. The van der Waals surface area contributed by atoms with Crippen molar-refractivity contribution in [2.24, 2.45) is 22.7 Å². The van der Waals surface area contributed by atoms with E-state index >= 15 is 0 Å². The van der Waals surface area contributed by atoms with Gasteiger partial charge in [0.1, 0.15) is 0 Å². The fraction of sp³-hybridized carbons (Fsp3) is 0.369. The molecule has 5 aromatic rings. The number of aromatic nitrogens is 1. The van der Waals surface area contributed by atoms with Crippen LogP contribution < -0.4 is 14.7 Å². The molecule has 0 spiro atoms. The zero-order valence-corrected chi connectivity index (χ0v) is 43.9. The van der Waals surface area contributed by atoms with Crippen LogP contribution in [0.3, 0.4) is 0 Å². The molecule has 0 fully saturated rings. The Balaban J connectivity index is 1.04. The topological polar surface area (TPSA) is 7.12 Å². The summed E-state index contributed by atoms with van der Waals surface area (Å²) in [5, 5.41) is 2.16. The maximum Gasteiger partial charge on any atom is 0.196 e. The van der Waals surface area contributed by atoms with Crippen molar-refractivity contribution < 1.29 is 4.57 Å². The maximum absolute atomic E-state index is 2.91. The minimum atomic E-state index is -1.77. The minimum Gasteiger partial charge on any atom is -0.332 e. The fourth-order valence-corrected chi connectivity index (χ4v) is 18.7. The second-order valence-corrected chi connectivity index (χ2v) is 30.5. The van der Waals surface area contributed by atoms with Gasteiger partial charge in [0.15, 0.2) is 17.4 Å². The number of allylic oxidation sites excluding steroid dienone is 12. The van der Waals surface area contributed by atoms with Crippen molar-refractivity contribution >= 4 is 36.4 Å². The zero-order chi connectivity index (χ0) is 47.2. The first-order chi connectivity index (χ1) is 33.3. The molecule has 10 atom stereocenters. The van der Waals surface area contributed by atoms with E-state index in [1.165, 1.54) is 58.6 Å². The molecule has 4 aromatic carbocycles. The lowest BCUT2D eigenvalue weighted by Gasteiger charge is -2.60. The number of fused-ring (bicyclic) bond motifs is 15. The molecule has 0 saturated carbocycles. The van der Waals surface area contributed by atoms with Crippen molar-refractivity contribution in [1.82, 2.24) is 0 Å². The van der Waals surface area contributed by atoms with Crippen LogP contribution in [0.15, 0.2) is 180 Å². The Bertz CT molecular complexity index is 3130. The van der Waals surface area contributed by atoms with Crippen LogP contribution in [-0.2, 0) is 12.0 Å². The summed E-state index contributed by atoms with van der Waals surface area (Å²) in [5.74, 6) is 2.15. The fourth-order valence-electron chi connectivity index (χ4n) is 15.3. The average Bonchev–Trinajstić information content (AvgIpc) is 4.00. The molecule has 0 bridgehead atoms.